The van der Waals surface area contributed by atoms with Gasteiger partial charge in [-0.3, -0.25) is 0 Å². The van der Waals surface area contributed by atoms with E-state index >= 15 is 0 Å². The molecule has 2 N–H and O–H groups in total. The molecule has 0 saturated heterocycles. The van der Waals surface area contributed by atoms with Gasteiger partial charge in [0.05, 0.1) is 11.0 Å². The molecule has 0 radical (unpaired) electrons. The Morgan fingerprint density at radius 1 is 1.10 bits per heavy atom. The molecule has 0 spiro atoms. The minimum Gasteiger partial charge on any atom is -0.342 e. The predicted molar refractivity (Wildman–Crippen MR) is 90.3 cm³/mol. The monoisotopic (exact) mass is 343 g/mol. The van der Waals surface area contributed by atoms with Gasteiger partial charge >= 0.3 is 0 Å². The summed E-state index contributed by atoms with van der Waals surface area (Å²) in [6.07, 6.45) is 2.05. The number of aromatic amines is 1. The first kappa shape index (κ1) is 14.3. The zero-order valence-corrected chi connectivity index (χ0v) is 13.4. The molecule has 3 rings (SSSR count). The van der Waals surface area contributed by atoms with E-state index in [9.17, 15) is 0 Å². The van der Waals surface area contributed by atoms with Crippen LogP contribution < -0.4 is 5.32 Å². The third-order valence-corrected chi connectivity index (χ3v) is 3.92. The number of aryl methyl sites for hydroxylation is 1. The highest BCUT2D eigenvalue weighted by atomic mass is 79.9. The number of H-pyrrole nitrogens is 1. The van der Waals surface area contributed by atoms with E-state index in [1.807, 2.05) is 24.3 Å². The van der Waals surface area contributed by atoms with Crippen LogP contribution in [0.1, 0.15) is 17.8 Å². The Bertz CT molecular complexity index is 688. The maximum Gasteiger partial charge on any atom is 0.107 e. The highest BCUT2D eigenvalue weighted by Gasteiger charge is 2.01. The standard InChI is InChI=1S/C17H18BrN3/c18-14-6-3-5-13(11-14)12-19-10-4-9-17-20-15-7-1-2-8-16(15)21-17/h1-3,5-8,11,19H,4,9-10,12H2,(H,20,21). The van der Waals surface area contributed by atoms with E-state index in [1.54, 1.807) is 0 Å². The van der Waals surface area contributed by atoms with Crippen molar-refractivity contribution in [3.8, 4) is 0 Å². The fourth-order valence-corrected chi connectivity index (χ4v) is 2.83. The number of nitrogens with zero attached hydrogens (tertiary/aromatic N) is 1. The van der Waals surface area contributed by atoms with Gasteiger partial charge in [-0.05, 0) is 42.8 Å². The van der Waals surface area contributed by atoms with Gasteiger partial charge in [0.25, 0.3) is 0 Å². The lowest BCUT2D eigenvalue weighted by atomic mass is 10.2. The molecule has 21 heavy (non-hydrogen) atoms. The lowest BCUT2D eigenvalue weighted by Crippen LogP contribution is -2.15. The molecule has 3 nitrogen and oxygen atoms in total. The Morgan fingerprint density at radius 3 is 2.86 bits per heavy atom. The Labute approximate surface area is 132 Å². The van der Waals surface area contributed by atoms with Crippen LogP contribution in [-0.4, -0.2) is 16.5 Å². The maximum absolute atomic E-state index is 4.59. The van der Waals surface area contributed by atoms with Crippen LogP contribution in [0.15, 0.2) is 53.0 Å². The van der Waals surface area contributed by atoms with Crippen LogP contribution in [0.3, 0.4) is 0 Å². The normalized spacial score (nSPS) is 11.1. The highest BCUT2D eigenvalue weighted by molar-refractivity contribution is 9.10. The molecule has 3 aromatic rings. The van der Waals surface area contributed by atoms with Crippen LogP contribution in [0, 0.1) is 0 Å². The molecular formula is C17H18BrN3. The first-order chi connectivity index (χ1) is 10.3. The van der Waals surface area contributed by atoms with Gasteiger partial charge in [-0.1, -0.05) is 40.2 Å². The smallest absolute Gasteiger partial charge is 0.107 e. The van der Waals surface area contributed by atoms with Gasteiger partial charge in [-0.25, -0.2) is 4.98 Å². The lowest BCUT2D eigenvalue weighted by molar-refractivity contribution is 0.641. The molecule has 0 aliphatic rings. The van der Waals surface area contributed by atoms with Gasteiger partial charge in [0.2, 0.25) is 0 Å². The van der Waals surface area contributed by atoms with Gasteiger partial charge in [0, 0.05) is 17.4 Å². The summed E-state index contributed by atoms with van der Waals surface area (Å²) >= 11 is 3.49. The second-order valence-corrected chi connectivity index (χ2v) is 6.03. The van der Waals surface area contributed by atoms with Gasteiger partial charge in [0.1, 0.15) is 5.82 Å². The SMILES string of the molecule is Brc1cccc(CNCCCc2nc3ccccc3[nH]2)c1. The first-order valence-electron chi connectivity index (χ1n) is 7.20. The third-order valence-electron chi connectivity index (χ3n) is 3.42. The Kier molecular flexibility index (Phi) is 4.68. The number of hydrogen-bond acceptors (Lipinski definition) is 2. The molecule has 0 aliphatic heterocycles. The van der Waals surface area contributed by atoms with Crippen LogP contribution in [0.5, 0.6) is 0 Å². The fourth-order valence-electron chi connectivity index (χ4n) is 2.38. The summed E-state index contributed by atoms with van der Waals surface area (Å²) in [5.74, 6) is 1.07. The molecule has 0 fully saturated rings. The van der Waals surface area contributed by atoms with E-state index in [-0.39, 0.29) is 0 Å². The molecule has 0 bridgehead atoms. The summed E-state index contributed by atoms with van der Waals surface area (Å²) in [5.41, 5.74) is 3.47. The number of fused-ring (bicyclic) bond motifs is 1. The average molecular weight is 344 g/mol. The van der Waals surface area contributed by atoms with E-state index in [4.69, 9.17) is 0 Å². The summed E-state index contributed by atoms with van der Waals surface area (Å²) in [6, 6.07) is 16.6. The highest BCUT2D eigenvalue weighted by Crippen LogP contribution is 2.12. The number of para-hydroxylation sites is 2. The molecule has 1 aromatic heterocycles. The Hall–Kier alpha value is -1.65. The Morgan fingerprint density at radius 2 is 2.00 bits per heavy atom. The quantitative estimate of drug-likeness (QED) is 0.663. The van der Waals surface area contributed by atoms with Crippen molar-refractivity contribution in [2.45, 2.75) is 19.4 Å². The van der Waals surface area contributed by atoms with Gasteiger partial charge in [-0.15, -0.1) is 0 Å². The zero-order valence-electron chi connectivity index (χ0n) is 11.8. The second kappa shape index (κ2) is 6.87. The minimum absolute atomic E-state index is 0.902. The number of rotatable bonds is 6. The van der Waals surface area contributed by atoms with Crippen LogP contribution in [-0.2, 0) is 13.0 Å². The number of aromatic nitrogens is 2. The van der Waals surface area contributed by atoms with Gasteiger partial charge < -0.3 is 10.3 Å². The molecule has 1 heterocycles. The van der Waals surface area contributed by atoms with Crippen molar-refractivity contribution in [1.29, 1.82) is 0 Å². The van der Waals surface area contributed by atoms with E-state index in [0.717, 1.165) is 47.3 Å². The number of imidazole rings is 1. The predicted octanol–water partition coefficient (Wildman–Crippen LogP) is 4.05. The zero-order chi connectivity index (χ0) is 14.5. The molecule has 0 aliphatic carbocycles. The third kappa shape index (κ3) is 3.93. The van der Waals surface area contributed by atoms with Crippen molar-refractivity contribution in [2.24, 2.45) is 0 Å². The van der Waals surface area contributed by atoms with Crippen molar-refractivity contribution in [2.75, 3.05) is 6.54 Å². The van der Waals surface area contributed by atoms with Crippen molar-refractivity contribution in [1.82, 2.24) is 15.3 Å². The molecule has 2 aromatic carbocycles. The molecule has 0 unspecified atom stereocenters. The number of nitrogens with one attached hydrogen (secondary N) is 2. The summed E-state index contributed by atoms with van der Waals surface area (Å²) in [4.78, 5) is 7.96. The summed E-state index contributed by atoms with van der Waals surface area (Å²) in [5, 5.41) is 3.47. The average Bonchev–Trinajstić information content (AvgIpc) is 2.89. The molecule has 4 heteroatoms. The van der Waals surface area contributed by atoms with E-state index in [1.165, 1.54) is 5.56 Å². The van der Waals surface area contributed by atoms with Crippen LogP contribution in [0.2, 0.25) is 0 Å². The van der Waals surface area contributed by atoms with Crippen molar-refractivity contribution in [3.05, 3.63) is 64.4 Å². The molecule has 0 amide bonds. The number of hydrogen-bond donors (Lipinski definition) is 2. The number of halogens is 1. The topological polar surface area (TPSA) is 40.7 Å². The second-order valence-electron chi connectivity index (χ2n) is 5.11. The summed E-state index contributed by atoms with van der Waals surface area (Å²) in [7, 11) is 0. The van der Waals surface area contributed by atoms with Gasteiger partial charge in [0.15, 0.2) is 0 Å². The van der Waals surface area contributed by atoms with Gasteiger partial charge in [-0.2, -0.15) is 0 Å². The number of benzene rings is 2. The molecule has 0 atom stereocenters. The van der Waals surface area contributed by atoms with Crippen LogP contribution in [0.4, 0.5) is 0 Å². The van der Waals surface area contributed by atoms with Crippen LogP contribution in [0.25, 0.3) is 11.0 Å². The van der Waals surface area contributed by atoms with E-state index in [2.05, 4.69) is 55.5 Å². The molecular weight excluding hydrogens is 326 g/mol. The van der Waals surface area contributed by atoms with Crippen molar-refractivity contribution in [3.63, 3.8) is 0 Å². The van der Waals surface area contributed by atoms with Crippen molar-refractivity contribution < 1.29 is 0 Å². The largest absolute Gasteiger partial charge is 0.342 e. The minimum atomic E-state index is 0.902. The Balaban J connectivity index is 1.44. The van der Waals surface area contributed by atoms with Crippen molar-refractivity contribution >= 4 is 27.0 Å². The summed E-state index contributed by atoms with van der Waals surface area (Å²) in [6.45, 7) is 1.89. The first-order valence-corrected chi connectivity index (χ1v) is 7.99. The maximum atomic E-state index is 4.59. The van der Waals surface area contributed by atoms with Crippen LogP contribution >= 0.6 is 15.9 Å². The molecule has 0 saturated carbocycles. The van der Waals surface area contributed by atoms with E-state index < -0.39 is 0 Å². The van der Waals surface area contributed by atoms with E-state index in [0.29, 0.717) is 0 Å². The lowest BCUT2D eigenvalue weighted by Gasteiger charge is -2.04. The summed E-state index contributed by atoms with van der Waals surface area (Å²) < 4.78 is 1.13. The fraction of sp³-hybridized carbons (Fsp3) is 0.235. The molecule has 108 valence electrons.